The molecule has 0 aliphatic carbocycles. The normalized spacial score (nSPS) is 18.8. The Kier molecular flexibility index (Phi) is 4.49. The summed E-state index contributed by atoms with van der Waals surface area (Å²) in [4.78, 5) is 20.3. The Morgan fingerprint density at radius 2 is 1.88 bits per heavy atom. The minimum absolute atomic E-state index is 0.0461. The van der Waals surface area contributed by atoms with Crippen LogP contribution in [-0.4, -0.2) is 22.6 Å². The maximum absolute atomic E-state index is 13.1. The molecular weight excluding hydrogens is 366 g/mol. The summed E-state index contributed by atoms with van der Waals surface area (Å²) in [6.45, 7) is 10.6. The second kappa shape index (κ2) is 6.17. The monoisotopic (exact) mass is 391 g/mol. The van der Waals surface area contributed by atoms with Crippen LogP contribution in [0.2, 0.25) is 0 Å². The van der Waals surface area contributed by atoms with Crippen molar-refractivity contribution < 1.29 is 0 Å². The first kappa shape index (κ1) is 17.5. The Labute approximate surface area is 152 Å². The molecule has 4 nitrogen and oxygen atoms in total. The van der Waals surface area contributed by atoms with Crippen molar-refractivity contribution in [2.24, 2.45) is 12.5 Å². The molecule has 1 atom stereocenters. The Balaban J connectivity index is 2.15. The Morgan fingerprint density at radius 3 is 2.46 bits per heavy atom. The molecule has 0 spiro atoms. The molecule has 1 aromatic carbocycles. The zero-order valence-corrected chi connectivity index (χ0v) is 16.8. The number of hydrogen-bond donors (Lipinski definition) is 0. The number of aromatic nitrogens is 2. The maximum atomic E-state index is 13.1. The van der Waals surface area contributed by atoms with E-state index < -0.39 is 0 Å². The van der Waals surface area contributed by atoms with Gasteiger partial charge in [0.2, 0.25) is 5.95 Å². The van der Waals surface area contributed by atoms with Gasteiger partial charge in [-0.1, -0.05) is 35.8 Å². The van der Waals surface area contributed by atoms with Crippen molar-refractivity contribution in [1.29, 1.82) is 0 Å². The maximum Gasteiger partial charge on any atom is 0.262 e. The van der Waals surface area contributed by atoms with E-state index in [1.807, 2.05) is 20.0 Å². The van der Waals surface area contributed by atoms with Crippen molar-refractivity contribution in [3.63, 3.8) is 0 Å². The zero-order valence-electron chi connectivity index (χ0n) is 15.2. The van der Waals surface area contributed by atoms with Crippen molar-refractivity contribution in [3.8, 4) is 0 Å². The van der Waals surface area contributed by atoms with Crippen molar-refractivity contribution in [1.82, 2.24) is 9.55 Å². The molecule has 0 amide bonds. The molecule has 2 heterocycles. The first-order valence-corrected chi connectivity index (χ1v) is 9.52. The van der Waals surface area contributed by atoms with E-state index in [2.05, 4.69) is 47.7 Å². The van der Waals surface area contributed by atoms with Gasteiger partial charge in [0.25, 0.3) is 5.56 Å². The summed E-state index contributed by atoms with van der Waals surface area (Å²) < 4.78 is 1.72. The van der Waals surface area contributed by atoms with Gasteiger partial charge in [-0.2, -0.15) is 0 Å². The van der Waals surface area contributed by atoms with E-state index in [1.165, 1.54) is 0 Å². The van der Waals surface area contributed by atoms with Gasteiger partial charge in [-0.25, -0.2) is 4.98 Å². The van der Waals surface area contributed by atoms with E-state index in [0.717, 1.165) is 53.9 Å². The van der Waals surface area contributed by atoms with E-state index in [9.17, 15) is 4.79 Å². The topological polar surface area (TPSA) is 38.1 Å². The third kappa shape index (κ3) is 2.99. The van der Waals surface area contributed by atoms with Gasteiger partial charge in [-0.05, 0) is 49.3 Å². The van der Waals surface area contributed by atoms with Gasteiger partial charge in [0.15, 0.2) is 0 Å². The molecule has 5 heteroatoms. The fourth-order valence-electron chi connectivity index (χ4n) is 3.58. The van der Waals surface area contributed by atoms with Crippen molar-refractivity contribution >= 4 is 32.8 Å². The molecule has 1 aromatic heterocycles. The van der Waals surface area contributed by atoms with Crippen LogP contribution in [0, 0.1) is 12.3 Å². The summed E-state index contributed by atoms with van der Waals surface area (Å²) in [5, 5.41) is 0.739. The van der Waals surface area contributed by atoms with Gasteiger partial charge in [0.05, 0.1) is 10.9 Å². The fraction of sp³-hybridized carbons (Fsp3) is 0.579. The smallest absolute Gasteiger partial charge is 0.262 e. The van der Waals surface area contributed by atoms with Gasteiger partial charge < -0.3 is 4.90 Å². The van der Waals surface area contributed by atoms with Crippen molar-refractivity contribution in [2.75, 3.05) is 18.0 Å². The summed E-state index contributed by atoms with van der Waals surface area (Å²) in [7, 11) is 1.84. The van der Waals surface area contributed by atoms with Crippen LogP contribution in [0.3, 0.4) is 0 Å². The van der Waals surface area contributed by atoms with Crippen LogP contribution in [-0.2, 0) is 7.05 Å². The van der Waals surface area contributed by atoms with Crippen LogP contribution in [0.25, 0.3) is 10.9 Å². The average Bonchev–Trinajstić information content (AvgIpc) is 2.51. The number of nitrogens with zero attached hydrogens (tertiary/aromatic N) is 3. The highest BCUT2D eigenvalue weighted by atomic mass is 79.9. The number of piperidine rings is 1. The molecule has 24 heavy (non-hydrogen) atoms. The number of anilines is 1. The van der Waals surface area contributed by atoms with Crippen LogP contribution < -0.4 is 10.5 Å². The summed E-state index contributed by atoms with van der Waals surface area (Å²) >= 11 is 3.63. The molecule has 130 valence electrons. The van der Waals surface area contributed by atoms with E-state index in [4.69, 9.17) is 4.98 Å². The average molecular weight is 392 g/mol. The lowest BCUT2D eigenvalue weighted by molar-refractivity contribution is 0.277. The molecule has 2 aromatic rings. The van der Waals surface area contributed by atoms with Crippen molar-refractivity contribution in [2.45, 2.75) is 45.4 Å². The van der Waals surface area contributed by atoms with Gasteiger partial charge in [0.1, 0.15) is 0 Å². The molecule has 1 aliphatic heterocycles. The number of benzene rings is 1. The quantitative estimate of drug-likeness (QED) is 0.715. The Bertz CT molecular complexity index is 829. The largest absolute Gasteiger partial charge is 0.342 e. The minimum atomic E-state index is 0.0461. The number of hydrogen-bond acceptors (Lipinski definition) is 3. The van der Waals surface area contributed by atoms with Crippen LogP contribution in [0.4, 0.5) is 5.95 Å². The summed E-state index contributed by atoms with van der Waals surface area (Å²) in [5.41, 5.74) is 3.39. The van der Waals surface area contributed by atoms with Crippen LogP contribution in [0.5, 0.6) is 0 Å². The first-order valence-electron chi connectivity index (χ1n) is 8.60. The fourth-order valence-corrected chi connectivity index (χ4v) is 4.17. The minimum Gasteiger partial charge on any atom is -0.342 e. The molecule has 1 saturated heterocycles. The van der Waals surface area contributed by atoms with E-state index in [0.29, 0.717) is 5.41 Å². The Morgan fingerprint density at radius 1 is 1.25 bits per heavy atom. The van der Waals surface area contributed by atoms with Gasteiger partial charge in [-0.3, -0.25) is 9.36 Å². The van der Waals surface area contributed by atoms with Gasteiger partial charge in [0, 0.05) is 25.0 Å². The highest BCUT2D eigenvalue weighted by molar-refractivity contribution is 9.09. The summed E-state index contributed by atoms with van der Waals surface area (Å²) in [6.07, 6.45) is 2.25. The highest BCUT2D eigenvalue weighted by Gasteiger charge is 2.28. The second-order valence-electron chi connectivity index (χ2n) is 7.73. The third-order valence-corrected chi connectivity index (χ3v) is 5.74. The van der Waals surface area contributed by atoms with E-state index >= 15 is 0 Å². The predicted octanol–water partition coefficient (Wildman–Crippen LogP) is 4.32. The molecule has 0 bridgehead atoms. The zero-order chi connectivity index (χ0) is 17.6. The SMILES string of the molecule is Cc1ccc2nc(N3CCC(C)(C)CC3)n(C)c(=O)c2c1C(C)Br. The summed E-state index contributed by atoms with van der Waals surface area (Å²) in [5.74, 6) is 0.792. The van der Waals surface area contributed by atoms with Crippen LogP contribution in [0.15, 0.2) is 16.9 Å². The van der Waals surface area contributed by atoms with Gasteiger partial charge in [-0.15, -0.1) is 0 Å². The van der Waals surface area contributed by atoms with E-state index in [1.54, 1.807) is 4.57 Å². The standard InChI is InChI=1S/C19H26BrN3O/c1-12-6-7-14-16(15(12)13(2)20)17(24)22(5)18(21-14)23-10-8-19(3,4)9-11-23/h6-7,13H,8-11H2,1-5H3. The molecule has 3 rings (SSSR count). The van der Waals surface area contributed by atoms with Crippen LogP contribution in [0.1, 0.15) is 49.6 Å². The molecule has 1 aliphatic rings. The lowest BCUT2D eigenvalue weighted by Crippen LogP contribution is -2.40. The predicted molar refractivity (Wildman–Crippen MR) is 104 cm³/mol. The van der Waals surface area contributed by atoms with Crippen molar-refractivity contribution in [3.05, 3.63) is 33.6 Å². The lowest BCUT2D eigenvalue weighted by atomic mass is 9.83. The molecule has 0 radical (unpaired) electrons. The first-order chi connectivity index (χ1) is 11.2. The highest BCUT2D eigenvalue weighted by Crippen LogP contribution is 2.33. The molecular formula is C19H26BrN3O. The van der Waals surface area contributed by atoms with Gasteiger partial charge >= 0.3 is 0 Å². The van der Waals surface area contributed by atoms with Crippen LogP contribution >= 0.6 is 15.9 Å². The molecule has 1 unspecified atom stereocenters. The number of halogens is 1. The van der Waals surface area contributed by atoms with E-state index in [-0.39, 0.29) is 10.4 Å². The molecule has 0 saturated carbocycles. The molecule has 1 fully saturated rings. The number of aryl methyl sites for hydroxylation is 1. The number of rotatable bonds is 2. The lowest BCUT2D eigenvalue weighted by Gasteiger charge is -2.38. The summed E-state index contributed by atoms with van der Waals surface area (Å²) in [6, 6.07) is 4.04. The second-order valence-corrected chi connectivity index (χ2v) is 9.11. The third-order valence-electron chi connectivity index (χ3n) is 5.28. The number of alkyl halides is 1. The molecule has 0 N–H and O–H groups in total. The Hall–Kier alpha value is -1.36. The number of fused-ring (bicyclic) bond motifs is 1.